The largest absolute Gasteiger partial charge is 0.489 e. The van der Waals surface area contributed by atoms with Crippen molar-refractivity contribution in [3.05, 3.63) is 57.8 Å². The van der Waals surface area contributed by atoms with Gasteiger partial charge in [0, 0.05) is 30.9 Å². The van der Waals surface area contributed by atoms with E-state index in [0.717, 1.165) is 42.9 Å². The Labute approximate surface area is 184 Å². The van der Waals surface area contributed by atoms with Gasteiger partial charge >= 0.3 is 0 Å². The highest BCUT2D eigenvalue weighted by atomic mass is 35.5. The molecule has 2 aromatic heterocycles. The van der Waals surface area contributed by atoms with Crippen molar-refractivity contribution in [2.24, 2.45) is 0 Å². The number of benzene rings is 1. The van der Waals surface area contributed by atoms with Gasteiger partial charge in [-0.15, -0.1) is 0 Å². The number of aryl methyl sites for hydroxylation is 1. The summed E-state index contributed by atoms with van der Waals surface area (Å²) in [6.07, 6.45) is 3.27. The monoisotopic (exact) mass is 443 g/mol. The van der Waals surface area contributed by atoms with Crippen molar-refractivity contribution >= 4 is 23.2 Å². The van der Waals surface area contributed by atoms with E-state index >= 15 is 0 Å². The SMILES string of the molecule is Cc1c(Cl)cnc2c3c(nn12)CN(C(=O)c1ccc(F)cc1OC1CCN(C)CC1)C3. The highest BCUT2D eigenvalue weighted by molar-refractivity contribution is 6.31. The van der Waals surface area contributed by atoms with Gasteiger partial charge in [0.1, 0.15) is 17.7 Å². The predicted molar refractivity (Wildman–Crippen MR) is 114 cm³/mol. The molecule has 7 nitrogen and oxygen atoms in total. The standard InChI is InChI=1S/C22H23ClFN5O2/c1-13-18(23)10-25-21-17-11-28(12-19(17)26-29(13)21)22(30)16-4-3-14(24)9-20(16)31-15-5-7-27(2)8-6-15/h3-4,9-10,15H,5-8,11-12H2,1-2H3. The molecule has 0 saturated carbocycles. The van der Waals surface area contributed by atoms with Crippen LogP contribution in [0, 0.1) is 12.7 Å². The minimum atomic E-state index is -0.418. The van der Waals surface area contributed by atoms with Gasteiger partial charge in [0.25, 0.3) is 5.91 Å². The Morgan fingerprint density at radius 1 is 1.26 bits per heavy atom. The van der Waals surface area contributed by atoms with Crippen LogP contribution in [0.3, 0.4) is 0 Å². The molecule has 0 radical (unpaired) electrons. The number of nitrogens with zero attached hydrogens (tertiary/aromatic N) is 5. The molecule has 1 amide bonds. The van der Waals surface area contributed by atoms with Crippen LogP contribution in [0.2, 0.25) is 5.02 Å². The number of aromatic nitrogens is 3. The normalized spacial score (nSPS) is 17.4. The van der Waals surface area contributed by atoms with Crippen LogP contribution in [0.5, 0.6) is 5.75 Å². The van der Waals surface area contributed by atoms with Crippen molar-refractivity contribution in [1.82, 2.24) is 24.4 Å². The zero-order valence-electron chi connectivity index (χ0n) is 17.4. The van der Waals surface area contributed by atoms with E-state index in [2.05, 4.69) is 22.0 Å². The van der Waals surface area contributed by atoms with E-state index in [1.54, 1.807) is 15.6 Å². The maximum atomic E-state index is 14.0. The topological polar surface area (TPSA) is 63.0 Å². The molecule has 1 fully saturated rings. The number of hydrogen-bond donors (Lipinski definition) is 0. The fraction of sp³-hybridized carbons (Fsp3) is 0.409. The zero-order chi connectivity index (χ0) is 21.7. The van der Waals surface area contributed by atoms with Crippen molar-refractivity contribution in [2.75, 3.05) is 20.1 Å². The number of carbonyl (C=O) groups excluding carboxylic acids is 1. The summed E-state index contributed by atoms with van der Waals surface area (Å²) in [6.45, 7) is 4.46. The van der Waals surface area contributed by atoms with Gasteiger partial charge in [-0.2, -0.15) is 5.10 Å². The molecule has 3 aromatic rings. The van der Waals surface area contributed by atoms with Crippen LogP contribution in [0.1, 0.15) is 40.2 Å². The zero-order valence-corrected chi connectivity index (χ0v) is 18.2. The van der Waals surface area contributed by atoms with Gasteiger partial charge in [0.2, 0.25) is 0 Å². The van der Waals surface area contributed by atoms with E-state index in [4.69, 9.17) is 16.3 Å². The number of likely N-dealkylation sites (tertiary alicyclic amines) is 1. The van der Waals surface area contributed by atoms with E-state index in [1.165, 1.54) is 18.2 Å². The fourth-order valence-electron chi connectivity index (χ4n) is 4.25. The summed E-state index contributed by atoms with van der Waals surface area (Å²) in [4.78, 5) is 21.7. The van der Waals surface area contributed by atoms with E-state index in [1.807, 2.05) is 6.92 Å². The van der Waals surface area contributed by atoms with Crippen LogP contribution in [0.4, 0.5) is 4.39 Å². The molecule has 0 spiro atoms. The molecule has 162 valence electrons. The maximum Gasteiger partial charge on any atom is 0.258 e. The number of halogens is 2. The van der Waals surface area contributed by atoms with Crippen LogP contribution >= 0.6 is 11.6 Å². The third kappa shape index (κ3) is 3.64. The Balaban J connectivity index is 1.39. The molecule has 0 bridgehead atoms. The number of fused-ring (bicyclic) bond motifs is 3. The lowest BCUT2D eigenvalue weighted by atomic mass is 10.1. The minimum absolute atomic E-state index is 0.0264. The fourth-order valence-corrected chi connectivity index (χ4v) is 4.38. The first-order chi connectivity index (χ1) is 14.9. The van der Waals surface area contributed by atoms with Crippen LogP contribution < -0.4 is 4.74 Å². The second kappa shape index (κ2) is 7.76. The lowest BCUT2D eigenvalue weighted by Gasteiger charge is -2.30. The number of carbonyl (C=O) groups is 1. The van der Waals surface area contributed by atoms with Crippen molar-refractivity contribution < 1.29 is 13.9 Å². The third-order valence-electron chi connectivity index (χ3n) is 6.11. The van der Waals surface area contributed by atoms with Crippen molar-refractivity contribution in [1.29, 1.82) is 0 Å². The summed E-state index contributed by atoms with van der Waals surface area (Å²) in [5.41, 5.74) is 3.59. The number of piperidine rings is 1. The molecule has 9 heteroatoms. The number of rotatable bonds is 3. The van der Waals surface area contributed by atoms with E-state index in [-0.39, 0.29) is 12.0 Å². The van der Waals surface area contributed by atoms with Gasteiger partial charge in [-0.3, -0.25) is 4.79 Å². The quantitative estimate of drug-likeness (QED) is 0.620. The summed E-state index contributed by atoms with van der Waals surface area (Å²) < 4.78 is 21.8. The van der Waals surface area contributed by atoms with E-state index < -0.39 is 5.82 Å². The predicted octanol–water partition coefficient (Wildman–Crippen LogP) is 3.46. The van der Waals surface area contributed by atoms with Crippen LogP contribution in [0.15, 0.2) is 24.4 Å². The molecular formula is C22H23ClFN5O2. The molecule has 31 heavy (non-hydrogen) atoms. The van der Waals surface area contributed by atoms with Crippen molar-refractivity contribution in [3.8, 4) is 5.75 Å². The van der Waals surface area contributed by atoms with Gasteiger partial charge in [-0.1, -0.05) is 11.6 Å². The second-order valence-corrected chi connectivity index (χ2v) is 8.68. The summed E-state index contributed by atoms with van der Waals surface area (Å²) in [6, 6.07) is 4.12. The molecule has 4 heterocycles. The van der Waals surface area contributed by atoms with Crippen molar-refractivity contribution in [3.63, 3.8) is 0 Å². The molecule has 0 unspecified atom stereocenters. The first-order valence-electron chi connectivity index (χ1n) is 10.4. The van der Waals surface area contributed by atoms with Crippen LogP contribution in [-0.2, 0) is 13.1 Å². The highest BCUT2D eigenvalue weighted by Gasteiger charge is 2.32. The first-order valence-corrected chi connectivity index (χ1v) is 10.7. The number of amides is 1. The smallest absolute Gasteiger partial charge is 0.258 e. The lowest BCUT2D eigenvalue weighted by molar-refractivity contribution is 0.0732. The van der Waals surface area contributed by atoms with E-state index in [0.29, 0.717) is 35.1 Å². The summed E-state index contributed by atoms with van der Waals surface area (Å²) >= 11 is 6.15. The number of ether oxygens (including phenoxy) is 1. The minimum Gasteiger partial charge on any atom is -0.489 e. The van der Waals surface area contributed by atoms with Crippen LogP contribution in [-0.4, -0.2) is 56.5 Å². The Kier molecular flexibility index (Phi) is 5.06. The molecule has 2 aliphatic rings. The molecule has 0 N–H and O–H groups in total. The van der Waals surface area contributed by atoms with Crippen molar-refractivity contribution in [2.45, 2.75) is 39.0 Å². The Bertz CT molecular complexity index is 1170. The summed E-state index contributed by atoms with van der Waals surface area (Å²) in [7, 11) is 2.07. The maximum absolute atomic E-state index is 14.0. The molecule has 1 saturated heterocycles. The van der Waals surface area contributed by atoms with Gasteiger partial charge in [0.05, 0.1) is 35.1 Å². The molecule has 0 atom stereocenters. The Hall–Kier alpha value is -2.71. The highest BCUT2D eigenvalue weighted by Crippen LogP contribution is 2.31. The summed E-state index contributed by atoms with van der Waals surface area (Å²) in [5, 5.41) is 5.14. The molecule has 2 aliphatic heterocycles. The van der Waals surface area contributed by atoms with E-state index in [9.17, 15) is 9.18 Å². The Morgan fingerprint density at radius 2 is 2.03 bits per heavy atom. The molecule has 5 rings (SSSR count). The average molecular weight is 444 g/mol. The number of hydrogen-bond acceptors (Lipinski definition) is 5. The first kappa shape index (κ1) is 20.2. The second-order valence-electron chi connectivity index (χ2n) is 8.27. The molecule has 1 aromatic carbocycles. The van der Waals surface area contributed by atoms with Gasteiger partial charge in [-0.05, 0) is 38.9 Å². The lowest BCUT2D eigenvalue weighted by Crippen LogP contribution is -2.36. The van der Waals surface area contributed by atoms with Gasteiger partial charge in [-0.25, -0.2) is 13.9 Å². The third-order valence-corrected chi connectivity index (χ3v) is 6.48. The van der Waals surface area contributed by atoms with Gasteiger partial charge < -0.3 is 14.5 Å². The van der Waals surface area contributed by atoms with Crippen LogP contribution in [0.25, 0.3) is 5.65 Å². The van der Waals surface area contributed by atoms with Gasteiger partial charge in [0.15, 0.2) is 5.65 Å². The Morgan fingerprint density at radius 3 is 2.81 bits per heavy atom. The average Bonchev–Trinajstić information content (AvgIpc) is 3.31. The summed E-state index contributed by atoms with van der Waals surface area (Å²) in [5.74, 6) is -0.317. The molecule has 0 aliphatic carbocycles. The molecular weight excluding hydrogens is 421 g/mol.